The monoisotopic (exact) mass is 382 g/mol. The largest absolute Gasteiger partial charge is 0.508 e. The standard InChI is InChI=1S/C21H23ClN4O/c22-15-2-4-18-19(7-10-24-20(18)11-15)26-17-3-1-14(21(27)12-17)13-25-16-5-8-23-9-6-16/h1-4,7,10-12,16,23,25,27H,5-6,8-9,13H2,(H,24,26). The molecule has 1 fully saturated rings. The first-order chi connectivity index (χ1) is 13.2. The molecule has 1 aromatic heterocycles. The van der Waals surface area contributed by atoms with E-state index in [4.69, 9.17) is 11.6 Å². The van der Waals surface area contributed by atoms with E-state index in [2.05, 4.69) is 20.9 Å². The molecule has 0 saturated carbocycles. The highest BCUT2D eigenvalue weighted by Gasteiger charge is 2.13. The highest BCUT2D eigenvalue weighted by atomic mass is 35.5. The van der Waals surface area contributed by atoms with Gasteiger partial charge in [0.1, 0.15) is 5.75 Å². The molecule has 0 atom stereocenters. The van der Waals surface area contributed by atoms with Crippen molar-refractivity contribution in [2.45, 2.75) is 25.4 Å². The van der Waals surface area contributed by atoms with E-state index in [1.165, 1.54) is 0 Å². The minimum absolute atomic E-state index is 0.294. The number of piperidine rings is 1. The number of pyridine rings is 1. The van der Waals surface area contributed by atoms with Crippen LogP contribution in [0.25, 0.3) is 10.9 Å². The first kappa shape index (κ1) is 18.0. The minimum Gasteiger partial charge on any atom is -0.508 e. The normalized spacial score (nSPS) is 15.1. The van der Waals surface area contributed by atoms with Crippen LogP contribution < -0.4 is 16.0 Å². The Kier molecular flexibility index (Phi) is 5.43. The lowest BCUT2D eigenvalue weighted by atomic mass is 10.1. The fraction of sp³-hybridized carbons (Fsp3) is 0.286. The van der Waals surface area contributed by atoms with Crippen LogP contribution in [0.3, 0.4) is 0 Å². The van der Waals surface area contributed by atoms with E-state index in [0.29, 0.717) is 23.4 Å². The quantitative estimate of drug-likeness (QED) is 0.533. The first-order valence-corrected chi connectivity index (χ1v) is 9.64. The van der Waals surface area contributed by atoms with Gasteiger partial charge in [-0.1, -0.05) is 17.7 Å². The number of fused-ring (bicyclic) bond motifs is 1. The Hall–Kier alpha value is -2.34. The van der Waals surface area contributed by atoms with Crippen molar-refractivity contribution in [3.05, 3.63) is 59.2 Å². The maximum atomic E-state index is 10.4. The second-order valence-corrected chi connectivity index (χ2v) is 7.33. The number of hydrogen-bond donors (Lipinski definition) is 4. The number of benzene rings is 2. The van der Waals surface area contributed by atoms with Crippen LogP contribution in [0.15, 0.2) is 48.7 Å². The maximum absolute atomic E-state index is 10.4. The summed E-state index contributed by atoms with van der Waals surface area (Å²) in [7, 11) is 0. The van der Waals surface area contributed by atoms with Crippen LogP contribution >= 0.6 is 11.6 Å². The van der Waals surface area contributed by atoms with E-state index in [0.717, 1.165) is 53.8 Å². The summed E-state index contributed by atoms with van der Waals surface area (Å²) in [6, 6.07) is 13.8. The SMILES string of the molecule is Oc1cc(Nc2ccnc3cc(Cl)ccc23)ccc1CNC1CCNCC1. The fourth-order valence-corrected chi connectivity index (χ4v) is 3.62. The number of aromatic nitrogens is 1. The number of nitrogens with one attached hydrogen (secondary N) is 3. The fourth-order valence-electron chi connectivity index (χ4n) is 3.46. The van der Waals surface area contributed by atoms with Gasteiger partial charge >= 0.3 is 0 Å². The van der Waals surface area contributed by atoms with Crippen molar-refractivity contribution in [3.63, 3.8) is 0 Å². The predicted molar refractivity (Wildman–Crippen MR) is 111 cm³/mol. The van der Waals surface area contributed by atoms with E-state index in [1.54, 1.807) is 12.3 Å². The molecule has 2 aromatic carbocycles. The summed E-state index contributed by atoms with van der Waals surface area (Å²) in [6.45, 7) is 2.78. The molecule has 5 nitrogen and oxygen atoms in total. The van der Waals surface area contributed by atoms with Gasteiger partial charge in [-0.3, -0.25) is 4.98 Å². The molecule has 0 unspecified atom stereocenters. The summed E-state index contributed by atoms with van der Waals surface area (Å²) < 4.78 is 0. The molecule has 1 saturated heterocycles. The molecule has 27 heavy (non-hydrogen) atoms. The topological polar surface area (TPSA) is 69.2 Å². The molecule has 0 spiro atoms. The van der Waals surface area contributed by atoms with E-state index >= 15 is 0 Å². The van der Waals surface area contributed by atoms with Gasteiger partial charge in [-0.05, 0) is 56.3 Å². The average Bonchev–Trinajstić information content (AvgIpc) is 2.68. The van der Waals surface area contributed by atoms with Gasteiger partial charge in [0.15, 0.2) is 0 Å². The summed E-state index contributed by atoms with van der Waals surface area (Å²) in [5, 5.41) is 22.3. The smallest absolute Gasteiger partial charge is 0.122 e. The van der Waals surface area contributed by atoms with E-state index in [9.17, 15) is 5.11 Å². The van der Waals surface area contributed by atoms with E-state index in [1.807, 2.05) is 36.4 Å². The number of aromatic hydroxyl groups is 1. The predicted octanol–water partition coefficient (Wildman–Crippen LogP) is 4.18. The number of phenols is 1. The second-order valence-electron chi connectivity index (χ2n) is 6.89. The van der Waals surface area contributed by atoms with Crippen molar-refractivity contribution in [2.75, 3.05) is 18.4 Å². The Morgan fingerprint density at radius 3 is 2.78 bits per heavy atom. The molecule has 1 aliphatic rings. The molecular weight excluding hydrogens is 360 g/mol. The molecule has 6 heteroatoms. The third-order valence-electron chi connectivity index (χ3n) is 4.99. The van der Waals surface area contributed by atoms with Crippen molar-refractivity contribution in [1.82, 2.24) is 15.6 Å². The number of anilines is 2. The minimum atomic E-state index is 0.294. The molecule has 0 bridgehead atoms. The highest BCUT2D eigenvalue weighted by molar-refractivity contribution is 6.31. The van der Waals surface area contributed by atoms with Gasteiger partial charge in [-0.2, -0.15) is 0 Å². The molecular formula is C21H23ClN4O. The van der Waals surface area contributed by atoms with Gasteiger partial charge in [0.25, 0.3) is 0 Å². The first-order valence-electron chi connectivity index (χ1n) is 9.26. The van der Waals surface area contributed by atoms with Crippen LogP contribution in [0.2, 0.25) is 5.02 Å². The Balaban J connectivity index is 1.48. The zero-order chi connectivity index (χ0) is 18.6. The molecule has 2 heterocycles. The second kappa shape index (κ2) is 8.13. The summed E-state index contributed by atoms with van der Waals surface area (Å²) in [5.74, 6) is 0.294. The molecule has 0 amide bonds. The van der Waals surface area contributed by atoms with Crippen LogP contribution in [0.4, 0.5) is 11.4 Å². The zero-order valence-electron chi connectivity index (χ0n) is 15.0. The molecule has 4 rings (SSSR count). The third-order valence-corrected chi connectivity index (χ3v) is 5.22. The zero-order valence-corrected chi connectivity index (χ0v) is 15.8. The lowest BCUT2D eigenvalue weighted by Gasteiger charge is -2.24. The summed E-state index contributed by atoms with van der Waals surface area (Å²) in [4.78, 5) is 4.36. The Morgan fingerprint density at radius 1 is 1.11 bits per heavy atom. The molecule has 1 aliphatic heterocycles. The van der Waals surface area contributed by atoms with Crippen LogP contribution in [0, 0.1) is 0 Å². The van der Waals surface area contributed by atoms with Gasteiger partial charge in [-0.25, -0.2) is 0 Å². The number of nitrogens with zero attached hydrogens (tertiary/aromatic N) is 1. The number of hydrogen-bond acceptors (Lipinski definition) is 5. The maximum Gasteiger partial charge on any atom is 0.122 e. The van der Waals surface area contributed by atoms with Crippen LogP contribution in [-0.4, -0.2) is 29.2 Å². The van der Waals surface area contributed by atoms with Crippen molar-refractivity contribution < 1.29 is 5.11 Å². The highest BCUT2D eigenvalue weighted by Crippen LogP contribution is 2.29. The van der Waals surface area contributed by atoms with Gasteiger partial charge in [-0.15, -0.1) is 0 Å². The summed E-state index contributed by atoms with van der Waals surface area (Å²) in [5.41, 5.74) is 3.50. The Morgan fingerprint density at radius 2 is 1.96 bits per heavy atom. The lowest BCUT2D eigenvalue weighted by Crippen LogP contribution is -2.39. The number of rotatable bonds is 5. The average molecular weight is 383 g/mol. The van der Waals surface area contributed by atoms with Crippen LogP contribution in [0.1, 0.15) is 18.4 Å². The molecule has 4 N–H and O–H groups in total. The molecule has 0 aliphatic carbocycles. The summed E-state index contributed by atoms with van der Waals surface area (Å²) in [6.07, 6.45) is 4.00. The van der Waals surface area contributed by atoms with E-state index in [-0.39, 0.29) is 0 Å². The summed E-state index contributed by atoms with van der Waals surface area (Å²) >= 11 is 6.05. The van der Waals surface area contributed by atoms with Gasteiger partial charge in [0, 0.05) is 52.2 Å². The van der Waals surface area contributed by atoms with E-state index < -0.39 is 0 Å². The van der Waals surface area contributed by atoms with Crippen molar-refractivity contribution in [2.24, 2.45) is 0 Å². The molecule has 0 radical (unpaired) electrons. The van der Waals surface area contributed by atoms with Crippen LogP contribution in [-0.2, 0) is 6.54 Å². The van der Waals surface area contributed by atoms with Gasteiger partial charge in [0.2, 0.25) is 0 Å². The number of phenolic OH excluding ortho intramolecular Hbond substituents is 1. The Bertz CT molecular complexity index is 941. The Labute approximate surface area is 163 Å². The third kappa shape index (κ3) is 4.33. The van der Waals surface area contributed by atoms with Gasteiger partial charge in [0.05, 0.1) is 5.52 Å². The number of halogens is 1. The van der Waals surface area contributed by atoms with Crippen LogP contribution in [0.5, 0.6) is 5.75 Å². The lowest BCUT2D eigenvalue weighted by molar-refractivity contribution is 0.382. The molecule has 140 valence electrons. The van der Waals surface area contributed by atoms with Crippen molar-refractivity contribution in [1.29, 1.82) is 0 Å². The molecule has 3 aromatic rings. The van der Waals surface area contributed by atoms with Crippen molar-refractivity contribution in [3.8, 4) is 5.75 Å². The van der Waals surface area contributed by atoms with Crippen molar-refractivity contribution >= 4 is 33.9 Å². The van der Waals surface area contributed by atoms with Gasteiger partial charge < -0.3 is 21.1 Å².